The summed E-state index contributed by atoms with van der Waals surface area (Å²) >= 11 is 0. The van der Waals surface area contributed by atoms with Gasteiger partial charge in [-0.3, -0.25) is 23.9 Å². The summed E-state index contributed by atoms with van der Waals surface area (Å²) in [5, 5.41) is 6.18. The Hall–Kier alpha value is -5.19. The Labute approximate surface area is 290 Å². The molecule has 1 saturated heterocycles. The number of nitrogens with zero attached hydrogens (tertiary/aromatic N) is 1. The third-order valence-electron chi connectivity index (χ3n) is 7.73. The third kappa shape index (κ3) is 10.4. The lowest BCUT2D eigenvalue weighted by atomic mass is 10.0. The van der Waals surface area contributed by atoms with Crippen LogP contribution in [0, 0.1) is 5.82 Å². The minimum Gasteiger partial charge on any atom is -0.457 e. The summed E-state index contributed by atoms with van der Waals surface area (Å²) in [6.45, 7) is 2.50. The summed E-state index contributed by atoms with van der Waals surface area (Å²) < 4.78 is 70.3. The van der Waals surface area contributed by atoms with Gasteiger partial charge >= 0.3 is 0 Å². The van der Waals surface area contributed by atoms with Gasteiger partial charge in [0.25, 0.3) is 11.8 Å². The number of halogens is 1. The second-order valence-electron chi connectivity index (χ2n) is 12.0. The number of sulfonamides is 2. The standard InChI is InChI=1S/C34H37FN6O7S2/c1-49(44,45)39-27-10-14-32(29(19-27)33(36)42)48-28-11-3-22(4-12-28)21-41-17-15-25(16-18-41)37-24-7-5-23(6-8-24)34(43)38-26-9-13-30(35)31(20-26)40-50(2,46)47/h3-14,19-20,25,37,39-40H,15-18,21H2,1-2H3,(H2,36,42)(H,38,43). The minimum atomic E-state index is -3.69. The molecule has 1 heterocycles. The zero-order valence-electron chi connectivity index (χ0n) is 27.3. The van der Waals surface area contributed by atoms with Crippen molar-refractivity contribution in [3.05, 3.63) is 107 Å². The van der Waals surface area contributed by atoms with Crippen LogP contribution in [-0.4, -0.2) is 65.2 Å². The highest BCUT2D eigenvalue weighted by molar-refractivity contribution is 7.92. The largest absolute Gasteiger partial charge is 0.457 e. The fraction of sp³-hybridized carbons (Fsp3) is 0.235. The van der Waals surface area contributed by atoms with E-state index in [2.05, 4.69) is 25.0 Å². The molecule has 0 spiro atoms. The van der Waals surface area contributed by atoms with Gasteiger partial charge in [0.1, 0.15) is 17.3 Å². The number of hydrogen-bond donors (Lipinski definition) is 5. The van der Waals surface area contributed by atoms with Crippen molar-refractivity contribution in [1.29, 1.82) is 0 Å². The molecule has 1 aliphatic heterocycles. The summed E-state index contributed by atoms with van der Waals surface area (Å²) in [6, 6.07) is 22.7. The number of nitrogens with one attached hydrogen (secondary N) is 4. The summed E-state index contributed by atoms with van der Waals surface area (Å²) in [5.41, 5.74) is 8.08. The lowest BCUT2D eigenvalue weighted by Crippen LogP contribution is -2.38. The Morgan fingerprint density at radius 3 is 2.06 bits per heavy atom. The average Bonchev–Trinajstić information content (AvgIpc) is 3.04. The van der Waals surface area contributed by atoms with Gasteiger partial charge in [-0.25, -0.2) is 21.2 Å². The molecule has 5 rings (SSSR count). The maximum atomic E-state index is 14.0. The van der Waals surface area contributed by atoms with Crippen molar-refractivity contribution in [2.24, 2.45) is 5.73 Å². The first-order valence-electron chi connectivity index (χ1n) is 15.5. The molecular formula is C34H37FN6O7S2. The fourth-order valence-electron chi connectivity index (χ4n) is 5.41. The second-order valence-corrected chi connectivity index (χ2v) is 15.5. The van der Waals surface area contributed by atoms with E-state index in [4.69, 9.17) is 10.5 Å². The molecule has 1 fully saturated rings. The number of carbonyl (C=O) groups excluding carboxylic acids is 2. The van der Waals surface area contributed by atoms with Crippen LogP contribution in [0.25, 0.3) is 0 Å². The Morgan fingerprint density at radius 2 is 1.44 bits per heavy atom. The van der Waals surface area contributed by atoms with E-state index in [0.717, 1.165) is 62.3 Å². The van der Waals surface area contributed by atoms with Crippen molar-refractivity contribution in [3.63, 3.8) is 0 Å². The predicted molar refractivity (Wildman–Crippen MR) is 191 cm³/mol. The number of piperidine rings is 1. The van der Waals surface area contributed by atoms with Crippen LogP contribution in [0.5, 0.6) is 11.5 Å². The van der Waals surface area contributed by atoms with Gasteiger partial charge in [-0.15, -0.1) is 0 Å². The second kappa shape index (κ2) is 15.1. The van der Waals surface area contributed by atoms with Gasteiger partial charge in [0.05, 0.1) is 23.8 Å². The highest BCUT2D eigenvalue weighted by atomic mass is 32.2. The number of ether oxygens (including phenoxy) is 1. The number of carbonyl (C=O) groups is 2. The van der Waals surface area contributed by atoms with Crippen molar-refractivity contribution in [2.75, 3.05) is 45.7 Å². The summed E-state index contributed by atoms with van der Waals surface area (Å²) in [5.74, 6) is -1.22. The minimum absolute atomic E-state index is 0.0453. The zero-order valence-corrected chi connectivity index (χ0v) is 28.9. The van der Waals surface area contributed by atoms with Gasteiger partial charge in [0.2, 0.25) is 20.0 Å². The quantitative estimate of drug-likeness (QED) is 0.129. The van der Waals surface area contributed by atoms with Gasteiger partial charge in [-0.1, -0.05) is 12.1 Å². The predicted octanol–water partition coefficient (Wildman–Crippen LogP) is 4.79. The topological polar surface area (TPSA) is 189 Å². The first-order valence-corrected chi connectivity index (χ1v) is 19.2. The fourth-order valence-corrected chi connectivity index (χ4v) is 6.52. The van der Waals surface area contributed by atoms with Crippen molar-refractivity contribution in [3.8, 4) is 11.5 Å². The SMILES string of the molecule is CS(=O)(=O)Nc1ccc(Oc2ccc(CN3CCC(Nc4ccc(C(=O)Nc5ccc(F)c(NS(C)(=O)=O)c5)cc4)CC3)cc2)c(C(N)=O)c1. The maximum absolute atomic E-state index is 14.0. The number of nitrogens with two attached hydrogens (primary N) is 1. The van der Waals surface area contributed by atoms with Crippen LogP contribution in [0.15, 0.2) is 84.9 Å². The number of primary amides is 1. The summed E-state index contributed by atoms with van der Waals surface area (Å²) in [7, 11) is -7.22. The zero-order chi connectivity index (χ0) is 36.1. The molecule has 6 N–H and O–H groups in total. The number of anilines is 4. The molecule has 0 unspecified atom stereocenters. The molecule has 0 saturated carbocycles. The highest BCUT2D eigenvalue weighted by Crippen LogP contribution is 2.29. The van der Waals surface area contributed by atoms with E-state index in [1.165, 1.54) is 30.3 Å². The Kier molecular flexibility index (Phi) is 10.9. The molecule has 4 aromatic rings. The van der Waals surface area contributed by atoms with Crippen molar-refractivity contribution >= 4 is 54.6 Å². The molecule has 2 amide bonds. The number of likely N-dealkylation sites (tertiary alicyclic amines) is 1. The molecule has 0 atom stereocenters. The van der Waals surface area contributed by atoms with E-state index < -0.39 is 37.7 Å². The molecule has 0 aliphatic carbocycles. The van der Waals surface area contributed by atoms with Gasteiger partial charge < -0.3 is 21.1 Å². The Balaban J connectivity index is 1.09. The molecule has 264 valence electrons. The van der Waals surface area contributed by atoms with Crippen LogP contribution in [0.4, 0.5) is 27.1 Å². The lowest BCUT2D eigenvalue weighted by Gasteiger charge is -2.33. The third-order valence-corrected chi connectivity index (χ3v) is 8.93. The summed E-state index contributed by atoms with van der Waals surface area (Å²) in [4.78, 5) is 27.1. The Bertz CT molecular complexity index is 2090. The first kappa shape index (κ1) is 36.1. The van der Waals surface area contributed by atoms with E-state index in [-0.39, 0.29) is 34.4 Å². The molecule has 13 nitrogen and oxygen atoms in total. The van der Waals surface area contributed by atoms with Gasteiger partial charge in [-0.2, -0.15) is 0 Å². The molecule has 4 aromatic carbocycles. The number of rotatable bonds is 13. The van der Waals surface area contributed by atoms with Gasteiger partial charge in [-0.05, 0) is 91.2 Å². The van der Waals surface area contributed by atoms with Crippen molar-refractivity contribution < 1.29 is 35.6 Å². The van der Waals surface area contributed by atoms with Crippen molar-refractivity contribution in [2.45, 2.75) is 25.4 Å². The molecule has 16 heteroatoms. The van der Waals surface area contributed by atoms with Crippen LogP contribution < -0.4 is 30.5 Å². The monoisotopic (exact) mass is 724 g/mol. The lowest BCUT2D eigenvalue weighted by molar-refractivity contribution is 0.0995. The molecular weight excluding hydrogens is 688 g/mol. The summed E-state index contributed by atoms with van der Waals surface area (Å²) in [6.07, 6.45) is 3.75. The highest BCUT2D eigenvalue weighted by Gasteiger charge is 2.20. The van der Waals surface area contributed by atoms with Gasteiger partial charge in [0.15, 0.2) is 0 Å². The average molecular weight is 725 g/mol. The van der Waals surface area contributed by atoms with E-state index >= 15 is 0 Å². The number of amides is 2. The molecule has 0 radical (unpaired) electrons. The van der Waals surface area contributed by atoms with E-state index in [1.54, 1.807) is 24.3 Å². The number of hydrogen-bond acceptors (Lipinski definition) is 9. The molecule has 0 aromatic heterocycles. The van der Waals surface area contributed by atoms with E-state index in [1.807, 2.05) is 24.3 Å². The van der Waals surface area contributed by atoms with Crippen LogP contribution >= 0.6 is 0 Å². The maximum Gasteiger partial charge on any atom is 0.255 e. The Morgan fingerprint density at radius 1 is 0.820 bits per heavy atom. The smallest absolute Gasteiger partial charge is 0.255 e. The van der Waals surface area contributed by atoms with Crippen LogP contribution in [0.2, 0.25) is 0 Å². The van der Waals surface area contributed by atoms with E-state index in [9.17, 15) is 30.8 Å². The molecule has 0 bridgehead atoms. The first-order chi connectivity index (χ1) is 23.6. The molecule has 50 heavy (non-hydrogen) atoms. The molecule has 1 aliphatic rings. The van der Waals surface area contributed by atoms with Gasteiger partial charge in [0, 0.05) is 48.3 Å². The van der Waals surface area contributed by atoms with Crippen LogP contribution in [0.3, 0.4) is 0 Å². The van der Waals surface area contributed by atoms with Crippen LogP contribution in [0.1, 0.15) is 39.1 Å². The van der Waals surface area contributed by atoms with Crippen LogP contribution in [-0.2, 0) is 26.6 Å². The van der Waals surface area contributed by atoms with Crippen molar-refractivity contribution in [1.82, 2.24) is 4.90 Å². The normalized spacial score (nSPS) is 14.1. The van der Waals surface area contributed by atoms with E-state index in [0.29, 0.717) is 11.3 Å². The number of benzene rings is 4.